The number of esters is 1. The fraction of sp³-hybridized carbons (Fsp3) is 0.333. The number of benzene rings is 1. The number of carbonyl (C=O) groups is 2. The van der Waals surface area contributed by atoms with Gasteiger partial charge in [-0.1, -0.05) is 12.1 Å². The molecule has 0 spiro atoms. The first-order valence-electron chi connectivity index (χ1n) is 6.73. The normalized spacial score (nSPS) is 18.1. The number of hydrogen-bond donors (Lipinski definition) is 1. The van der Waals surface area contributed by atoms with Gasteiger partial charge in [0.15, 0.2) is 0 Å². The van der Waals surface area contributed by atoms with Crippen molar-refractivity contribution < 1.29 is 18.7 Å². The minimum atomic E-state index is -0.504. The Bertz CT molecular complexity index is 542. The van der Waals surface area contributed by atoms with E-state index in [4.69, 9.17) is 10.5 Å². The van der Waals surface area contributed by atoms with Crippen LogP contribution in [-0.2, 0) is 9.53 Å². The maximum atomic E-state index is 12.7. The van der Waals surface area contributed by atoms with Gasteiger partial charge in [-0.2, -0.15) is 0 Å². The molecule has 0 radical (unpaired) electrons. The van der Waals surface area contributed by atoms with Crippen LogP contribution in [0.25, 0.3) is 6.08 Å². The summed E-state index contributed by atoms with van der Waals surface area (Å²) in [6.45, 7) is 0.735. The molecule has 1 heterocycles. The number of primary amides is 1. The van der Waals surface area contributed by atoms with Crippen molar-refractivity contribution in [2.24, 2.45) is 5.73 Å². The van der Waals surface area contributed by atoms with Gasteiger partial charge in [-0.25, -0.2) is 14.0 Å². The SMILES string of the molecule is NC(=O)N1CCCC1COC(=O)/C=C/c1ccc(F)cc1. The van der Waals surface area contributed by atoms with Crippen molar-refractivity contribution in [2.45, 2.75) is 18.9 Å². The van der Waals surface area contributed by atoms with Crippen LogP contribution in [0.4, 0.5) is 9.18 Å². The van der Waals surface area contributed by atoms with Gasteiger partial charge < -0.3 is 15.4 Å². The average molecular weight is 292 g/mol. The molecule has 0 bridgehead atoms. The summed E-state index contributed by atoms with van der Waals surface area (Å²) in [5.74, 6) is -0.835. The largest absolute Gasteiger partial charge is 0.460 e. The van der Waals surface area contributed by atoms with Crippen LogP contribution in [0.1, 0.15) is 18.4 Å². The van der Waals surface area contributed by atoms with Crippen molar-refractivity contribution in [1.29, 1.82) is 0 Å². The summed E-state index contributed by atoms with van der Waals surface area (Å²) in [5, 5.41) is 0. The van der Waals surface area contributed by atoms with Gasteiger partial charge in [0, 0.05) is 12.6 Å². The van der Waals surface area contributed by atoms with Gasteiger partial charge in [0.25, 0.3) is 0 Å². The molecule has 0 saturated carbocycles. The maximum Gasteiger partial charge on any atom is 0.330 e. The van der Waals surface area contributed by atoms with Gasteiger partial charge in [-0.05, 0) is 36.6 Å². The van der Waals surface area contributed by atoms with Crippen molar-refractivity contribution in [2.75, 3.05) is 13.2 Å². The molecule has 112 valence electrons. The van der Waals surface area contributed by atoms with Crippen molar-refractivity contribution >= 4 is 18.1 Å². The van der Waals surface area contributed by atoms with Crippen LogP contribution in [-0.4, -0.2) is 36.1 Å². The van der Waals surface area contributed by atoms with E-state index in [1.807, 2.05) is 0 Å². The molecule has 1 atom stereocenters. The molecule has 6 heteroatoms. The lowest BCUT2D eigenvalue weighted by atomic mass is 10.2. The highest BCUT2D eigenvalue weighted by Gasteiger charge is 2.27. The van der Waals surface area contributed by atoms with E-state index >= 15 is 0 Å². The summed E-state index contributed by atoms with van der Waals surface area (Å²) in [6, 6.07) is 5.11. The number of ether oxygens (including phenoxy) is 1. The Morgan fingerprint density at radius 3 is 2.76 bits per heavy atom. The van der Waals surface area contributed by atoms with Crippen LogP contribution in [0.5, 0.6) is 0 Å². The standard InChI is InChI=1S/C15H17FN2O3/c16-12-6-3-11(4-7-12)5-8-14(19)21-10-13-2-1-9-18(13)15(17)20/h3-8,13H,1-2,9-10H2,(H2,17,20)/b8-5+. The van der Waals surface area contributed by atoms with Crippen LogP contribution < -0.4 is 5.73 Å². The molecule has 1 unspecified atom stereocenters. The third-order valence-electron chi connectivity index (χ3n) is 3.36. The predicted molar refractivity (Wildman–Crippen MR) is 75.7 cm³/mol. The Kier molecular flexibility index (Phi) is 4.92. The monoisotopic (exact) mass is 292 g/mol. The molecule has 0 aliphatic carbocycles. The van der Waals surface area contributed by atoms with E-state index in [0.29, 0.717) is 12.1 Å². The Morgan fingerprint density at radius 1 is 1.38 bits per heavy atom. The van der Waals surface area contributed by atoms with Crippen molar-refractivity contribution in [1.82, 2.24) is 4.90 Å². The number of halogens is 1. The number of amides is 2. The first-order valence-corrected chi connectivity index (χ1v) is 6.73. The Morgan fingerprint density at radius 2 is 2.10 bits per heavy atom. The molecule has 2 amide bonds. The minimum absolute atomic E-state index is 0.134. The number of likely N-dealkylation sites (tertiary alicyclic amines) is 1. The van der Waals surface area contributed by atoms with Crippen LogP contribution >= 0.6 is 0 Å². The van der Waals surface area contributed by atoms with Gasteiger partial charge in [-0.3, -0.25) is 0 Å². The number of carbonyl (C=O) groups excluding carboxylic acids is 2. The van der Waals surface area contributed by atoms with E-state index in [2.05, 4.69) is 0 Å². The highest BCUT2D eigenvalue weighted by molar-refractivity contribution is 5.87. The summed E-state index contributed by atoms with van der Waals surface area (Å²) >= 11 is 0. The third-order valence-corrected chi connectivity index (χ3v) is 3.36. The zero-order valence-electron chi connectivity index (χ0n) is 11.5. The minimum Gasteiger partial charge on any atom is -0.460 e. The zero-order valence-corrected chi connectivity index (χ0v) is 11.5. The van der Waals surface area contributed by atoms with Gasteiger partial charge >= 0.3 is 12.0 Å². The van der Waals surface area contributed by atoms with Crippen molar-refractivity contribution in [3.05, 3.63) is 41.7 Å². The van der Waals surface area contributed by atoms with E-state index in [1.165, 1.54) is 23.1 Å². The van der Waals surface area contributed by atoms with E-state index in [1.54, 1.807) is 18.2 Å². The molecule has 1 aliphatic heterocycles. The van der Waals surface area contributed by atoms with Gasteiger partial charge in [0.1, 0.15) is 12.4 Å². The number of nitrogens with two attached hydrogens (primary N) is 1. The van der Waals surface area contributed by atoms with E-state index < -0.39 is 12.0 Å². The zero-order chi connectivity index (χ0) is 15.2. The fourth-order valence-corrected chi connectivity index (χ4v) is 2.26. The Labute approximate surface area is 122 Å². The lowest BCUT2D eigenvalue weighted by molar-refractivity contribution is -0.138. The van der Waals surface area contributed by atoms with E-state index in [9.17, 15) is 14.0 Å². The molecule has 1 saturated heterocycles. The van der Waals surface area contributed by atoms with Crippen LogP contribution in [0.3, 0.4) is 0 Å². The number of urea groups is 1. The first kappa shape index (κ1) is 15.0. The lowest BCUT2D eigenvalue weighted by Gasteiger charge is -2.21. The second-order valence-electron chi connectivity index (χ2n) is 4.84. The molecule has 2 rings (SSSR count). The second kappa shape index (κ2) is 6.88. The average Bonchev–Trinajstić information content (AvgIpc) is 2.93. The fourth-order valence-electron chi connectivity index (χ4n) is 2.26. The smallest absolute Gasteiger partial charge is 0.330 e. The molecule has 0 aromatic heterocycles. The van der Waals surface area contributed by atoms with Gasteiger partial charge in [0.2, 0.25) is 0 Å². The van der Waals surface area contributed by atoms with E-state index in [0.717, 1.165) is 12.8 Å². The van der Waals surface area contributed by atoms with Crippen LogP contribution in [0, 0.1) is 5.82 Å². The highest BCUT2D eigenvalue weighted by atomic mass is 19.1. The number of nitrogens with zero attached hydrogens (tertiary/aromatic N) is 1. The number of rotatable bonds is 4. The molecule has 2 N–H and O–H groups in total. The van der Waals surface area contributed by atoms with E-state index in [-0.39, 0.29) is 18.5 Å². The van der Waals surface area contributed by atoms with Gasteiger partial charge in [0.05, 0.1) is 6.04 Å². The summed E-state index contributed by atoms with van der Waals surface area (Å²) < 4.78 is 17.8. The van der Waals surface area contributed by atoms with Crippen molar-refractivity contribution in [3.63, 3.8) is 0 Å². The Hall–Kier alpha value is -2.37. The summed E-state index contributed by atoms with van der Waals surface area (Å²) in [6.07, 6.45) is 4.45. The molecule has 5 nitrogen and oxygen atoms in total. The molecular weight excluding hydrogens is 275 g/mol. The van der Waals surface area contributed by atoms with Gasteiger partial charge in [-0.15, -0.1) is 0 Å². The Balaban J connectivity index is 1.82. The molecule has 1 aromatic carbocycles. The third kappa shape index (κ3) is 4.30. The second-order valence-corrected chi connectivity index (χ2v) is 4.84. The van der Waals surface area contributed by atoms with Crippen LogP contribution in [0.15, 0.2) is 30.3 Å². The summed E-state index contributed by atoms with van der Waals surface area (Å²) in [7, 11) is 0. The predicted octanol–water partition coefficient (Wildman–Crippen LogP) is 1.93. The first-order chi connectivity index (χ1) is 10.1. The summed E-state index contributed by atoms with van der Waals surface area (Å²) in [4.78, 5) is 24.3. The molecule has 1 aliphatic rings. The molecular formula is C15H17FN2O3. The number of hydrogen-bond acceptors (Lipinski definition) is 3. The van der Waals surface area contributed by atoms with Crippen LogP contribution in [0.2, 0.25) is 0 Å². The molecule has 21 heavy (non-hydrogen) atoms. The quantitative estimate of drug-likeness (QED) is 0.680. The maximum absolute atomic E-state index is 12.7. The highest BCUT2D eigenvalue weighted by Crippen LogP contribution is 2.17. The van der Waals surface area contributed by atoms with Crippen molar-refractivity contribution in [3.8, 4) is 0 Å². The molecule has 1 aromatic rings. The topological polar surface area (TPSA) is 72.6 Å². The lowest BCUT2D eigenvalue weighted by Crippen LogP contribution is -2.41. The summed E-state index contributed by atoms with van der Waals surface area (Å²) in [5.41, 5.74) is 5.95. The molecule has 1 fully saturated rings.